The van der Waals surface area contributed by atoms with E-state index in [1.54, 1.807) is 25.7 Å². The number of rotatable bonds is 4. The van der Waals surface area contributed by atoms with Gasteiger partial charge in [-0.1, -0.05) is 32.9 Å². The van der Waals surface area contributed by atoms with Gasteiger partial charge >= 0.3 is 0 Å². The molecule has 0 amide bonds. The van der Waals surface area contributed by atoms with Crippen LogP contribution in [-0.4, -0.2) is 5.48 Å². The largest absolute Gasteiger partial charge is 0.412 e. The summed E-state index contributed by atoms with van der Waals surface area (Å²) >= 11 is 0. The predicted molar refractivity (Wildman–Crippen MR) is 118 cm³/mol. The zero-order valence-corrected chi connectivity index (χ0v) is 18.1. The van der Waals surface area contributed by atoms with Gasteiger partial charge in [-0.05, 0) is 125 Å². The molecule has 2 unspecified atom stereocenters. The lowest BCUT2D eigenvalue weighted by molar-refractivity contribution is 0.0645. The molecule has 0 saturated heterocycles. The van der Waals surface area contributed by atoms with Gasteiger partial charge in [0.05, 0.1) is 0 Å². The molecule has 0 aliphatic heterocycles. The second-order valence-corrected chi connectivity index (χ2v) is 10.3. The molecule has 0 bridgehead atoms. The SMILES string of the molecule is C/C=C/CC1CCC(C2CCC(C3CC(C)C(C)C(C)C3)CC2)CC1.O.[HH].[HH]. The molecule has 3 aliphatic carbocycles. The van der Waals surface area contributed by atoms with Gasteiger partial charge in [-0.2, -0.15) is 0 Å². The van der Waals surface area contributed by atoms with Crippen molar-refractivity contribution in [2.75, 3.05) is 0 Å². The van der Waals surface area contributed by atoms with E-state index in [2.05, 4.69) is 39.8 Å². The summed E-state index contributed by atoms with van der Waals surface area (Å²) in [6, 6.07) is 0. The van der Waals surface area contributed by atoms with Crippen molar-refractivity contribution in [3.05, 3.63) is 12.2 Å². The Morgan fingerprint density at radius 2 is 1.12 bits per heavy atom. The molecule has 3 aliphatic rings. The maximum absolute atomic E-state index is 2.52. The quantitative estimate of drug-likeness (QED) is 0.460. The molecular weight excluding hydrogens is 316 g/mol. The molecule has 0 heterocycles. The Morgan fingerprint density at radius 1 is 0.692 bits per heavy atom. The first-order valence-electron chi connectivity index (χ1n) is 11.7. The first-order valence-corrected chi connectivity index (χ1v) is 11.7. The Labute approximate surface area is 166 Å². The van der Waals surface area contributed by atoms with Crippen LogP contribution < -0.4 is 0 Å². The monoisotopic (exact) mass is 366 g/mol. The fourth-order valence-corrected chi connectivity index (χ4v) is 6.74. The summed E-state index contributed by atoms with van der Waals surface area (Å²) in [5.41, 5.74) is 0. The first-order chi connectivity index (χ1) is 12.1. The van der Waals surface area contributed by atoms with E-state index >= 15 is 0 Å². The molecule has 0 aromatic carbocycles. The molecule has 2 N–H and O–H groups in total. The molecule has 26 heavy (non-hydrogen) atoms. The van der Waals surface area contributed by atoms with Crippen LogP contribution in [0.2, 0.25) is 0 Å². The fraction of sp³-hybridized carbons (Fsp3) is 0.920. The average Bonchev–Trinajstić information content (AvgIpc) is 2.64. The van der Waals surface area contributed by atoms with Gasteiger partial charge < -0.3 is 5.48 Å². The smallest absolute Gasteiger partial charge is 0 e. The lowest BCUT2D eigenvalue weighted by Gasteiger charge is -2.44. The third-order valence-electron chi connectivity index (χ3n) is 8.89. The molecule has 0 aromatic rings. The van der Waals surface area contributed by atoms with Crippen LogP contribution in [0.15, 0.2) is 12.2 Å². The summed E-state index contributed by atoms with van der Waals surface area (Å²) in [5, 5.41) is 0. The standard InChI is InChI=1S/C25H44.H2O.2H2/c1-5-6-7-21-8-10-22(11-9-21)23-12-14-24(15-13-23)25-16-18(2)20(4)19(3)17-25;;;/h5-6,18-25H,7-17H2,1-4H3;1H2;2*1H/b6-5+;;;. The average molecular weight is 367 g/mol. The molecule has 1 nitrogen and oxygen atoms in total. The van der Waals surface area contributed by atoms with E-state index < -0.39 is 0 Å². The Kier molecular flexibility index (Phi) is 8.71. The van der Waals surface area contributed by atoms with E-state index in [-0.39, 0.29) is 8.33 Å². The highest BCUT2D eigenvalue weighted by Crippen LogP contribution is 2.48. The van der Waals surface area contributed by atoms with E-state index in [1.165, 1.54) is 44.9 Å². The third kappa shape index (κ3) is 5.37. The summed E-state index contributed by atoms with van der Waals surface area (Å²) in [5.74, 6) is 8.14. The number of hydrogen-bond donors (Lipinski definition) is 0. The van der Waals surface area contributed by atoms with Gasteiger partial charge in [0.25, 0.3) is 0 Å². The maximum atomic E-state index is 2.52. The zero-order chi connectivity index (χ0) is 17.8. The highest BCUT2D eigenvalue weighted by molar-refractivity contribution is 4.89. The van der Waals surface area contributed by atoms with Crippen LogP contribution >= 0.6 is 0 Å². The predicted octanol–water partition coefficient (Wildman–Crippen LogP) is 7.55. The van der Waals surface area contributed by atoms with Crippen molar-refractivity contribution in [1.29, 1.82) is 0 Å². The summed E-state index contributed by atoms with van der Waals surface area (Å²) < 4.78 is 0. The van der Waals surface area contributed by atoms with Gasteiger partial charge in [-0.25, -0.2) is 0 Å². The summed E-state index contributed by atoms with van der Waals surface area (Å²) in [4.78, 5) is 0. The van der Waals surface area contributed by atoms with E-state index in [0.29, 0.717) is 0 Å². The molecule has 0 radical (unpaired) electrons. The van der Waals surface area contributed by atoms with Crippen molar-refractivity contribution in [2.45, 2.75) is 98.3 Å². The lowest BCUT2D eigenvalue weighted by atomic mass is 9.61. The van der Waals surface area contributed by atoms with E-state index in [1.807, 2.05) is 0 Å². The molecular formula is C25H50O. The third-order valence-corrected chi connectivity index (χ3v) is 8.89. The minimum absolute atomic E-state index is 0. The van der Waals surface area contributed by atoms with Crippen LogP contribution in [0.25, 0.3) is 0 Å². The Bertz CT molecular complexity index is 410. The normalized spacial score (nSPS) is 44.6. The van der Waals surface area contributed by atoms with Gasteiger partial charge in [0.2, 0.25) is 0 Å². The molecule has 0 aromatic heterocycles. The van der Waals surface area contributed by atoms with Gasteiger partial charge in [0, 0.05) is 2.85 Å². The molecule has 1 heteroatoms. The second-order valence-electron chi connectivity index (χ2n) is 10.3. The van der Waals surface area contributed by atoms with Crippen molar-refractivity contribution < 1.29 is 8.33 Å². The van der Waals surface area contributed by atoms with Crippen LogP contribution in [0.1, 0.15) is 101 Å². The number of hydrogen-bond acceptors (Lipinski definition) is 0. The van der Waals surface area contributed by atoms with Crippen molar-refractivity contribution in [1.82, 2.24) is 0 Å². The Hall–Kier alpha value is -0.300. The zero-order valence-electron chi connectivity index (χ0n) is 18.1. The van der Waals surface area contributed by atoms with Crippen LogP contribution in [0.5, 0.6) is 0 Å². The van der Waals surface area contributed by atoms with E-state index in [4.69, 9.17) is 0 Å². The van der Waals surface area contributed by atoms with Crippen molar-refractivity contribution in [3.63, 3.8) is 0 Å². The fourth-order valence-electron chi connectivity index (χ4n) is 6.74. The molecule has 0 spiro atoms. The first kappa shape index (κ1) is 22.0. The number of allylic oxidation sites excluding steroid dienone is 2. The van der Waals surface area contributed by atoms with Crippen LogP contribution in [0.3, 0.4) is 0 Å². The van der Waals surface area contributed by atoms with Crippen LogP contribution in [-0.2, 0) is 0 Å². The minimum Gasteiger partial charge on any atom is -0.412 e. The van der Waals surface area contributed by atoms with Crippen molar-refractivity contribution >= 4 is 0 Å². The van der Waals surface area contributed by atoms with Gasteiger partial charge in [0.15, 0.2) is 0 Å². The van der Waals surface area contributed by atoms with Crippen LogP contribution in [0, 0.1) is 47.3 Å². The molecule has 3 fully saturated rings. The topological polar surface area (TPSA) is 31.5 Å². The molecule has 2 atom stereocenters. The Balaban J connectivity index is 0.00000243. The van der Waals surface area contributed by atoms with E-state index in [0.717, 1.165) is 47.3 Å². The van der Waals surface area contributed by atoms with Gasteiger partial charge in [-0.3, -0.25) is 0 Å². The van der Waals surface area contributed by atoms with Crippen molar-refractivity contribution in [3.8, 4) is 0 Å². The molecule has 156 valence electrons. The minimum atomic E-state index is 0. The molecule has 3 saturated carbocycles. The Morgan fingerprint density at radius 3 is 1.58 bits per heavy atom. The lowest BCUT2D eigenvalue weighted by Crippen LogP contribution is -2.34. The maximum Gasteiger partial charge on any atom is 0 e. The van der Waals surface area contributed by atoms with Crippen molar-refractivity contribution in [2.24, 2.45) is 47.3 Å². The van der Waals surface area contributed by atoms with Gasteiger partial charge in [-0.15, -0.1) is 0 Å². The molecule has 3 rings (SSSR count). The summed E-state index contributed by atoms with van der Waals surface area (Å²) in [6.07, 6.45) is 21.3. The summed E-state index contributed by atoms with van der Waals surface area (Å²) in [6.45, 7) is 9.70. The highest BCUT2D eigenvalue weighted by Gasteiger charge is 2.37. The summed E-state index contributed by atoms with van der Waals surface area (Å²) in [7, 11) is 0. The second kappa shape index (κ2) is 10.3. The van der Waals surface area contributed by atoms with E-state index in [9.17, 15) is 0 Å². The highest BCUT2D eigenvalue weighted by atomic mass is 16.0. The van der Waals surface area contributed by atoms with Gasteiger partial charge in [0.1, 0.15) is 0 Å². The van der Waals surface area contributed by atoms with Crippen LogP contribution in [0.4, 0.5) is 0 Å².